The first-order valence-electron chi connectivity index (χ1n) is 7.55. The predicted octanol–water partition coefficient (Wildman–Crippen LogP) is 3.46. The van der Waals surface area contributed by atoms with Crippen LogP contribution in [-0.2, 0) is 11.3 Å². The Balaban J connectivity index is 2.23. The number of Topliss-reactive ketones (excluding diaryl/α,β-unsaturated/α-hetero) is 1. The quantitative estimate of drug-likeness (QED) is 0.775. The van der Waals surface area contributed by atoms with Gasteiger partial charge in [-0.1, -0.05) is 20.8 Å². The molecule has 1 aromatic heterocycles. The molecule has 0 N–H and O–H groups in total. The van der Waals surface area contributed by atoms with Crippen LogP contribution in [0.4, 0.5) is 0 Å². The standard InChI is InChI=1S/C16H26N2O2/c1-5-11-18-12-10-17-14(18)13(19)16(20-4)8-6-15(2,3)7-9-16/h10,12H,5-9,11H2,1-4H3. The second-order valence-electron chi connectivity index (χ2n) is 6.64. The number of methoxy groups -OCH3 is 1. The summed E-state index contributed by atoms with van der Waals surface area (Å²) in [6.45, 7) is 7.44. The van der Waals surface area contributed by atoms with Gasteiger partial charge in [-0.2, -0.15) is 0 Å². The van der Waals surface area contributed by atoms with E-state index in [0.29, 0.717) is 11.2 Å². The van der Waals surface area contributed by atoms with Gasteiger partial charge in [0, 0.05) is 26.0 Å². The molecule has 0 aliphatic heterocycles. The van der Waals surface area contributed by atoms with Crippen LogP contribution in [0.3, 0.4) is 0 Å². The summed E-state index contributed by atoms with van der Waals surface area (Å²) >= 11 is 0. The molecule has 20 heavy (non-hydrogen) atoms. The maximum absolute atomic E-state index is 12.9. The van der Waals surface area contributed by atoms with Crippen molar-refractivity contribution in [2.45, 2.75) is 65.0 Å². The summed E-state index contributed by atoms with van der Waals surface area (Å²) in [5, 5.41) is 0. The number of aromatic nitrogens is 2. The van der Waals surface area contributed by atoms with E-state index in [1.807, 2.05) is 10.8 Å². The molecular formula is C16H26N2O2. The molecule has 0 amide bonds. The highest BCUT2D eigenvalue weighted by Gasteiger charge is 2.45. The summed E-state index contributed by atoms with van der Waals surface area (Å²) in [6, 6.07) is 0. The molecule has 1 aromatic rings. The highest BCUT2D eigenvalue weighted by atomic mass is 16.5. The first kappa shape index (κ1) is 15.2. The molecule has 1 aliphatic rings. The molecule has 0 unspecified atom stereocenters. The molecule has 1 fully saturated rings. The summed E-state index contributed by atoms with van der Waals surface area (Å²) in [7, 11) is 1.66. The minimum atomic E-state index is -0.674. The zero-order valence-electron chi connectivity index (χ0n) is 13.1. The summed E-state index contributed by atoms with van der Waals surface area (Å²) in [6.07, 6.45) is 8.18. The number of nitrogens with zero attached hydrogens (tertiary/aromatic N) is 2. The number of hydrogen-bond donors (Lipinski definition) is 0. The van der Waals surface area contributed by atoms with Gasteiger partial charge >= 0.3 is 0 Å². The molecule has 0 bridgehead atoms. The van der Waals surface area contributed by atoms with Gasteiger partial charge in [-0.3, -0.25) is 4.79 Å². The predicted molar refractivity (Wildman–Crippen MR) is 78.8 cm³/mol. The fraction of sp³-hybridized carbons (Fsp3) is 0.750. The smallest absolute Gasteiger partial charge is 0.229 e. The number of carbonyl (C=O) groups is 1. The number of ketones is 1. The minimum Gasteiger partial charge on any atom is -0.370 e. The molecule has 1 heterocycles. The third-order valence-electron chi connectivity index (χ3n) is 4.60. The van der Waals surface area contributed by atoms with Crippen LogP contribution in [0.1, 0.15) is 63.5 Å². The summed E-state index contributed by atoms with van der Waals surface area (Å²) in [5.74, 6) is 0.599. The SMILES string of the molecule is CCCn1ccnc1C(=O)C1(OC)CCC(C)(C)CC1. The number of imidazole rings is 1. The van der Waals surface area contributed by atoms with Gasteiger partial charge < -0.3 is 9.30 Å². The van der Waals surface area contributed by atoms with Crippen molar-refractivity contribution in [3.8, 4) is 0 Å². The number of hydrogen-bond acceptors (Lipinski definition) is 3. The van der Waals surface area contributed by atoms with E-state index in [2.05, 4.69) is 25.8 Å². The van der Waals surface area contributed by atoms with Crippen molar-refractivity contribution in [3.63, 3.8) is 0 Å². The molecule has 112 valence electrons. The van der Waals surface area contributed by atoms with E-state index in [9.17, 15) is 4.79 Å². The molecule has 0 aromatic carbocycles. The van der Waals surface area contributed by atoms with Crippen LogP contribution in [-0.4, -0.2) is 28.0 Å². The second-order valence-corrected chi connectivity index (χ2v) is 6.64. The van der Waals surface area contributed by atoms with E-state index < -0.39 is 5.60 Å². The Morgan fingerprint density at radius 1 is 1.35 bits per heavy atom. The van der Waals surface area contributed by atoms with Gasteiger partial charge in [0.25, 0.3) is 0 Å². The van der Waals surface area contributed by atoms with Gasteiger partial charge in [0.15, 0.2) is 5.82 Å². The Morgan fingerprint density at radius 2 is 2.00 bits per heavy atom. The first-order chi connectivity index (χ1) is 9.44. The van der Waals surface area contributed by atoms with Crippen molar-refractivity contribution in [2.75, 3.05) is 7.11 Å². The van der Waals surface area contributed by atoms with E-state index in [0.717, 1.165) is 38.6 Å². The summed E-state index contributed by atoms with van der Waals surface area (Å²) < 4.78 is 7.64. The Kier molecular flexibility index (Phi) is 4.33. The Morgan fingerprint density at radius 3 is 2.55 bits per heavy atom. The normalized spacial score (nSPS) is 20.8. The van der Waals surface area contributed by atoms with Crippen LogP contribution < -0.4 is 0 Å². The highest BCUT2D eigenvalue weighted by molar-refractivity contribution is 5.99. The minimum absolute atomic E-state index is 0.0500. The molecule has 0 radical (unpaired) electrons. The highest BCUT2D eigenvalue weighted by Crippen LogP contribution is 2.43. The number of rotatable bonds is 5. The zero-order chi connectivity index (χ0) is 14.8. The third kappa shape index (κ3) is 2.80. The molecule has 4 nitrogen and oxygen atoms in total. The average molecular weight is 278 g/mol. The molecular weight excluding hydrogens is 252 g/mol. The largest absolute Gasteiger partial charge is 0.370 e. The Bertz CT molecular complexity index is 467. The molecule has 1 aliphatic carbocycles. The van der Waals surface area contributed by atoms with Crippen LogP contribution >= 0.6 is 0 Å². The van der Waals surface area contributed by atoms with Crippen molar-refractivity contribution in [3.05, 3.63) is 18.2 Å². The van der Waals surface area contributed by atoms with E-state index in [1.54, 1.807) is 13.3 Å². The molecule has 2 rings (SSSR count). The molecule has 0 saturated heterocycles. The van der Waals surface area contributed by atoms with Gasteiger partial charge in [-0.15, -0.1) is 0 Å². The van der Waals surface area contributed by atoms with Gasteiger partial charge in [0.1, 0.15) is 5.60 Å². The lowest BCUT2D eigenvalue weighted by molar-refractivity contribution is -0.0391. The lowest BCUT2D eigenvalue weighted by Gasteiger charge is -2.41. The summed E-state index contributed by atoms with van der Waals surface area (Å²) in [4.78, 5) is 17.2. The van der Waals surface area contributed by atoms with Crippen molar-refractivity contribution in [2.24, 2.45) is 5.41 Å². The molecule has 1 saturated carbocycles. The fourth-order valence-electron chi connectivity index (χ4n) is 3.00. The second kappa shape index (κ2) is 5.68. The van der Waals surface area contributed by atoms with E-state index >= 15 is 0 Å². The van der Waals surface area contributed by atoms with Gasteiger partial charge in [0.2, 0.25) is 5.78 Å². The topological polar surface area (TPSA) is 44.1 Å². The van der Waals surface area contributed by atoms with Gasteiger partial charge in [-0.25, -0.2) is 4.98 Å². The van der Waals surface area contributed by atoms with Crippen molar-refractivity contribution >= 4 is 5.78 Å². The van der Waals surface area contributed by atoms with Crippen LogP contribution in [0, 0.1) is 5.41 Å². The molecule has 0 atom stereocenters. The average Bonchev–Trinajstić information content (AvgIpc) is 2.87. The summed E-state index contributed by atoms with van der Waals surface area (Å²) in [5.41, 5.74) is -0.368. The Hall–Kier alpha value is -1.16. The maximum atomic E-state index is 12.9. The van der Waals surface area contributed by atoms with Crippen LogP contribution in [0.15, 0.2) is 12.4 Å². The maximum Gasteiger partial charge on any atom is 0.229 e. The Labute approximate surface area is 121 Å². The van der Waals surface area contributed by atoms with Gasteiger partial charge in [-0.05, 0) is 37.5 Å². The molecule has 4 heteroatoms. The zero-order valence-corrected chi connectivity index (χ0v) is 13.1. The lowest BCUT2D eigenvalue weighted by atomic mass is 9.69. The van der Waals surface area contributed by atoms with Crippen LogP contribution in [0.5, 0.6) is 0 Å². The molecule has 0 spiro atoms. The fourth-order valence-corrected chi connectivity index (χ4v) is 3.00. The first-order valence-corrected chi connectivity index (χ1v) is 7.55. The third-order valence-corrected chi connectivity index (χ3v) is 4.60. The van der Waals surface area contributed by atoms with E-state index in [4.69, 9.17) is 4.74 Å². The number of aryl methyl sites for hydroxylation is 1. The van der Waals surface area contributed by atoms with Gasteiger partial charge in [0.05, 0.1) is 0 Å². The monoisotopic (exact) mass is 278 g/mol. The van der Waals surface area contributed by atoms with Crippen molar-refractivity contribution < 1.29 is 9.53 Å². The van der Waals surface area contributed by atoms with E-state index in [-0.39, 0.29) is 5.78 Å². The number of ether oxygens (including phenoxy) is 1. The van der Waals surface area contributed by atoms with E-state index in [1.165, 1.54) is 0 Å². The van der Waals surface area contributed by atoms with Crippen LogP contribution in [0.25, 0.3) is 0 Å². The van der Waals surface area contributed by atoms with Crippen molar-refractivity contribution in [1.82, 2.24) is 9.55 Å². The number of carbonyl (C=O) groups excluding carboxylic acids is 1. The van der Waals surface area contributed by atoms with Crippen molar-refractivity contribution in [1.29, 1.82) is 0 Å². The lowest BCUT2D eigenvalue weighted by Crippen LogP contribution is -2.46. The van der Waals surface area contributed by atoms with Crippen LogP contribution in [0.2, 0.25) is 0 Å².